The first kappa shape index (κ1) is 31.9. The van der Waals surface area contributed by atoms with E-state index in [-0.39, 0.29) is 31.2 Å². The third-order valence-corrected chi connectivity index (χ3v) is 7.95. The van der Waals surface area contributed by atoms with E-state index in [1.165, 1.54) is 17.2 Å². The van der Waals surface area contributed by atoms with Crippen LogP contribution in [0.3, 0.4) is 0 Å². The Labute approximate surface area is 280 Å². The van der Waals surface area contributed by atoms with Gasteiger partial charge in [0.1, 0.15) is 12.4 Å². The summed E-state index contributed by atoms with van der Waals surface area (Å²) in [6.07, 6.45) is 2.54. The van der Waals surface area contributed by atoms with Crippen molar-refractivity contribution < 1.29 is 23.6 Å². The lowest BCUT2D eigenvalue weighted by Crippen LogP contribution is -2.34. The van der Waals surface area contributed by atoms with Crippen molar-refractivity contribution in [1.29, 1.82) is 0 Å². The average Bonchev–Trinajstić information content (AvgIpc) is 3.45. The summed E-state index contributed by atoms with van der Waals surface area (Å²) in [5.74, 6) is -0.862. The number of aromatic nitrogens is 3. The van der Waals surface area contributed by atoms with Crippen LogP contribution in [0.25, 0.3) is 17.3 Å². The van der Waals surface area contributed by atoms with Crippen LogP contribution >= 0.6 is 23.2 Å². The van der Waals surface area contributed by atoms with Gasteiger partial charge >= 0.3 is 6.16 Å². The lowest BCUT2D eigenvalue weighted by atomic mass is 9.98. The lowest BCUT2D eigenvalue weighted by Gasteiger charge is -2.28. The number of benzene rings is 3. The molecule has 3 aromatic carbocycles. The van der Waals surface area contributed by atoms with Crippen LogP contribution in [0, 0.1) is 5.82 Å². The van der Waals surface area contributed by atoms with Crippen molar-refractivity contribution in [3.05, 3.63) is 147 Å². The summed E-state index contributed by atoms with van der Waals surface area (Å²) in [6.45, 7) is 1.93. The largest absolute Gasteiger partial charge is 0.528 e. The number of hydrogen-bond acceptors (Lipinski definition) is 7. The van der Waals surface area contributed by atoms with Crippen LogP contribution in [0.5, 0.6) is 0 Å². The molecule has 2 aromatic heterocycles. The Kier molecular flexibility index (Phi) is 9.63. The fourth-order valence-corrected chi connectivity index (χ4v) is 5.68. The fraction of sp³-hybridized carbons (Fsp3) is 0.143. The van der Waals surface area contributed by atoms with Gasteiger partial charge in [-0.2, -0.15) is 5.10 Å². The van der Waals surface area contributed by atoms with Crippen molar-refractivity contribution in [2.45, 2.75) is 26.1 Å². The van der Waals surface area contributed by atoms with E-state index in [1.807, 2.05) is 55.5 Å². The number of halogens is 3. The zero-order chi connectivity index (χ0) is 32.9. The van der Waals surface area contributed by atoms with Crippen LogP contribution in [-0.4, -0.2) is 38.4 Å². The van der Waals surface area contributed by atoms with Crippen LogP contribution in [-0.2, 0) is 22.7 Å². The Morgan fingerprint density at radius 3 is 2.49 bits per heavy atom. The molecule has 0 bridgehead atoms. The highest BCUT2D eigenvalue weighted by molar-refractivity contribution is 6.35. The molecule has 0 aliphatic carbocycles. The maximum Gasteiger partial charge on any atom is 0.528 e. The first-order chi connectivity index (χ1) is 22.7. The Morgan fingerprint density at radius 1 is 1.00 bits per heavy atom. The molecule has 6 rings (SSSR count). The quantitative estimate of drug-likeness (QED) is 0.168. The summed E-state index contributed by atoms with van der Waals surface area (Å²) in [4.78, 5) is 36.7. The van der Waals surface area contributed by atoms with Crippen LogP contribution in [0.1, 0.15) is 51.5 Å². The summed E-state index contributed by atoms with van der Waals surface area (Å²) in [5, 5.41) is 9.85. The van der Waals surface area contributed by atoms with Gasteiger partial charge in [0.25, 0.3) is 5.91 Å². The summed E-state index contributed by atoms with van der Waals surface area (Å²) in [6, 6.07) is 25.1. The van der Waals surface area contributed by atoms with Crippen molar-refractivity contribution in [3.63, 3.8) is 0 Å². The van der Waals surface area contributed by atoms with Crippen LogP contribution in [0.4, 0.5) is 9.18 Å². The van der Waals surface area contributed by atoms with E-state index in [9.17, 15) is 14.0 Å². The number of pyridine rings is 1. The molecule has 9 nitrogen and oxygen atoms in total. The van der Waals surface area contributed by atoms with E-state index in [2.05, 4.69) is 10.3 Å². The molecule has 0 radical (unpaired) electrons. The molecule has 0 fully saturated rings. The van der Waals surface area contributed by atoms with E-state index in [0.717, 1.165) is 5.56 Å². The molecule has 3 heterocycles. The Bertz CT molecular complexity index is 1940. The van der Waals surface area contributed by atoms with Gasteiger partial charge in [0.05, 0.1) is 41.2 Å². The molecule has 1 N–H and O–H groups in total. The molecule has 0 spiro atoms. The van der Waals surface area contributed by atoms with Crippen LogP contribution < -0.4 is 5.32 Å². The highest BCUT2D eigenvalue weighted by Crippen LogP contribution is 2.36. The maximum absolute atomic E-state index is 13.9. The van der Waals surface area contributed by atoms with Crippen molar-refractivity contribution in [3.8, 4) is 5.69 Å². The van der Waals surface area contributed by atoms with Gasteiger partial charge < -0.3 is 14.9 Å². The maximum atomic E-state index is 13.9. The number of carbonyl (C=O) groups excluding carboxylic acids is 2. The van der Waals surface area contributed by atoms with Gasteiger partial charge in [-0.3, -0.25) is 9.78 Å². The molecule has 1 aliphatic heterocycles. The number of fused-ring (bicyclic) bond motifs is 1. The van der Waals surface area contributed by atoms with Gasteiger partial charge in [0.2, 0.25) is 0 Å². The standard InChI is InChI=1S/C35H28Cl2FN5O4/c1-22(30-9-5-6-16-39-30)40-34(44)32-28-20-42(47-35(45)46-21-24-7-3-2-4-8-24)19-25(17-23-10-13-27(38)14-11-23)33(28)43(41-32)31-15-12-26(36)18-29(31)37/h2-18,22H,19-21H2,1H3,(H,40,44)/b25-17+. The van der Waals surface area contributed by atoms with Gasteiger partial charge in [0, 0.05) is 16.8 Å². The third kappa shape index (κ3) is 7.52. The van der Waals surface area contributed by atoms with E-state index in [0.29, 0.717) is 43.8 Å². The van der Waals surface area contributed by atoms with E-state index in [4.69, 9.17) is 37.9 Å². The lowest BCUT2D eigenvalue weighted by molar-refractivity contribution is -0.129. The van der Waals surface area contributed by atoms with Crippen molar-refractivity contribution in [2.75, 3.05) is 6.54 Å². The monoisotopic (exact) mass is 671 g/mol. The Hall–Kier alpha value is -5.03. The number of hydroxylamine groups is 2. The minimum atomic E-state index is -0.915. The van der Waals surface area contributed by atoms with E-state index < -0.39 is 18.1 Å². The predicted molar refractivity (Wildman–Crippen MR) is 176 cm³/mol. The van der Waals surface area contributed by atoms with Crippen LogP contribution in [0.15, 0.2) is 97.2 Å². The number of hydrogen-bond donors (Lipinski definition) is 1. The molecule has 238 valence electrons. The fourth-order valence-electron chi connectivity index (χ4n) is 5.19. The van der Waals surface area contributed by atoms with Gasteiger partial charge in [0.15, 0.2) is 5.69 Å². The van der Waals surface area contributed by atoms with Crippen molar-refractivity contribution >= 4 is 46.9 Å². The highest BCUT2D eigenvalue weighted by Gasteiger charge is 2.34. The number of carbonyl (C=O) groups is 2. The second-order valence-electron chi connectivity index (χ2n) is 10.8. The molecule has 12 heteroatoms. The smallest absolute Gasteiger partial charge is 0.428 e. The van der Waals surface area contributed by atoms with Crippen molar-refractivity contribution in [2.24, 2.45) is 0 Å². The number of nitrogens with zero attached hydrogens (tertiary/aromatic N) is 4. The molecular formula is C35H28Cl2FN5O4. The normalized spacial score (nSPS) is 14.3. The topological polar surface area (TPSA) is 98.6 Å². The molecule has 0 saturated carbocycles. The number of nitrogens with one attached hydrogen (secondary N) is 1. The zero-order valence-electron chi connectivity index (χ0n) is 25.1. The zero-order valence-corrected chi connectivity index (χ0v) is 26.6. The number of ether oxygens (including phenoxy) is 1. The molecular weight excluding hydrogens is 644 g/mol. The Balaban J connectivity index is 1.41. The predicted octanol–water partition coefficient (Wildman–Crippen LogP) is 7.83. The summed E-state index contributed by atoms with van der Waals surface area (Å²) >= 11 is 12.9. The summed E-state index contributed by atoms with van der Waals surface area (Å²) in [7, 11) is 0. The second-order valence-corrected chi connectivity index (χ2v) is 11.6. The van der Waals surface area contributed by atoms with Gasteiger partial charge in [-0.25, -0.2) is 13.9 Å². The summed E-state index contributed by atoms with van der Waals surface area (Å²) in [5.41, 5.74) is 4.34. The first-order valence-electron chi connectivity index (χ1n) is 14.6. The van der Waals surface area contributed by atoms with Gasteiger partial charge in [-0.05, 0) is 72.2 Å². The molecule has 0 saturated heterocycles. The second kappa shape index (κ2) is 14.2. The molecule has 5 aromatic rings. The van der Waals surface area contributed by atoms with Crippen LogP contribution in [0.2, 0.25) is 10.0 Å². The minimum absolute atomic E-state index is 0.00244. The SMILES string of the molecule is CC(NC(=O)c1nn(-c2ccc(Cl)cc2Cl)c2c1CN(OC(=O)OCc1ccccc1)C/C2=C\c1ccc(F)cc1)c1ccccn1. The van der Waals surface area contributed by atoms with Crippen molar-refractivity contribution in [1.82, 2.24) is 25.1 Å². The first-order valence-corrected chi connectivity index (χ1v) is 15.4. The minimum Gasteiger partial charge on any atom is -0.428 e. The molecule has 1 aliphatic rings. The number of rotatable bonds is 8. The average molecular weight is 673 g/mol. The molecule has 47 heavy (non-hydrogen) atoms. The molecule has 1 amide bonds. The van der Waals surface area contributed by atoms with Gasteiger partial charge in [-0.1, -0.05) is 71.7 Å². The Morgan fingerprint density at radius 2 is 1.77 bits per heavy atom. The van der Waals surface area contributed by atoms with Gasteiger partial charge in [-0.15, -0.1) is 5.06 Å². The number of amides is 1. The molecule has 1 unspecified atom stereocenters. The highest BCUT2D eigenvalue weighted by atomic mass is 35.5. The molecule has 1 atom stereocenters. The van der Waals surface area contributed by atoms with E-state index in [1.54, 1.807) is 47.3 Å². The summed E-state index contributed by atoms with van der Waals surface area (Å²) < 4.78 is 20.7. The van der Waals surface area contributed by atoms with E-state index >= 15 is 0 Å². The third-order valence-electron chi connectivity index (χ3n) is 7.41.